The molecule has 2 aliphatic rings. The fourth-order valence-corrected chi connectivity index (χ4v) is 4.64. The number of carbonyl (C=O) groups is 1. The minimum atomic E-state index is -0.101. The number of fused-ring (bicyclic) bond motifs is 1. The standard InChI is InChI=1S/C18H21BBrN5O2/c1-23-10-14(20)4-16(18(23)27)22-17-3-2-15(5-21-17)24-6-12-8-25(19-11-26)9-13(12)7-24/h2-5,10-13,19H,6-9H2,1H3,(H,21,22). The number of carbonyl (C=O) groups excluding carboxylic acids is 1. The summed E-state index contributed by atoms with van der Waals surface area (Å²) in [6.07, 6.45) is 4.58. The second kappa shape index (κ2) is 7.48. The number of hydrogen-bond acceptors (Lipinski definition) is 6. The van der Waals surface area contributed by atoms with E-state index in [1.165, 1.54) is 4.57 Å². The molecular formula is C18H21BBrN5O2. The van der Waals surface area contributed by atoms with E-state index in [0.717, 1.165) is 42.5 Å². The predicted molar refractivity (Wildman–Crippen MR) is 112 cm³/mol. The van der Waals surface area contributed by atoms with Gasteiger partial charge in [-0.05, 0) is 59.1 Å². The van der Waals surface area contributed by atoms with E-state index in [0.29, 0.717) is 30.8 Å². The fraction of sp³-hybridized carbons (Fsp3) is 0.389. The normalized spacial score (nSPS) is 21.9. The third-order valence-corrected chi connectivity index (χ3v) is 5.85. The van der Waals surface area contributed by atoms with Crippen LogP contribution in [0.25, 0.3) is 0 Å². The Balaban J connectivity index is 1.42. The van der Waals surface area contributed by atoms with Crippen molar-refractivity contribution in [3.63, 3.8) is 0 Å². The summed E-state index contributed by atoms with van der Waals surface area (Å²) in [6, 6.07) is 5.70. The van der Waals surface area contributed by atoms with Gasteiger partial charge in [-0.2, -0.15) is 0 Å². The van der Waals surface area contributed by atoms with Gasteiger partial charge in [-0.25, -0.2) is 4.98 Å². The molecule has 0 amide bonds. The maximum absolute atomic E-state index is 12.2. The lowest BCUT2D eigenvalue weighted by Crippen LogP contribution is -2.31. The molecule has 0 bridgehead atoms. The number of hydrogen-bond donors (Lipinski definition) is 1. The molecule has 2 aromatic heterocycles. The van der Waals surface area contributed by atoms with Crippen molar-refractivity contribution >= 4 is 46.7 Å². The van der Waals surface area contributed by atoms with Crippen molar-refractivity contribution in [1.29, 1.82) is 0 Å². The Morgan fingerprint density at radius 3 is 2.63 bits per heavy atom. The first-order chi connectivity index (χ1) is 13.0. The van der Waals surface area contributed by atoms with E-state index in [1.807, 2.05) is 18.3 Å². The van der Waals surface area contributed by atoms with Gasteiger partial charge in [0.25, 0.3) is 13.0 Å². The highest BCUT2D eigenvalue weighted by atomic mass is 79.9. The van der Waals surface area contributed by atoms with Crippen LogP contribution < -0.4 is 15.8 Å². The van der Waals surface area contributed by atoms with Crippen LogP contribution in [0.4, 0.5) is 17.2 Å². The molecule has 27 heavy (non-hydrogen) atoms. The fourth-order valence-electron chi connectivity index (χ4n) is 4.10. The first kappa shape index (κ1) is 18.2. The van der Waals surface area contributed by atoms with Crippen molar-refractivity contribution in [2.24, 2.45) is 18.9 Å². The largest absolute Gasteiger partial charge is 0.370 e. The van der Waals surface area contributed by atoms with Crippen LogP contribution in [0.3, 0.4) is 0 Å². The van der Waals surface area contributed by atoms with Crippen LogP contribution in [-0.2, 0) is 11.8 Å². The summed E-state index contributed by atoms with van der Waals surface area (Å²) >= 11 is 3.40. The van der Waals surface area contributed by atoms with Crippen LogP contribution in [0.5, 0.6) is 0 Å². The van der Waals surface area contributed by atoms with Gasteiger partial charge in [0.15, 0.2) is 0 Å². The van der Waals surface area contributed by atoms with E-state index >= 15 is 0 Å². The lowest BCUT2D eigenvalue weighted by atomic mass is 9.95. The molecule has 1 N–H and O–H groups in total. The number of halogens is 1. The lowest BCUT2D eigenvalue weighted by molar-refractivity contribution is 0.503. The highest BCUT2D eigenvalue weighted by Crippen LogP contribution is 2.33. The highest BCUT2D eigenvalue weighted by molar-refractivity contribution is 9.10. The van der Waals surface area contributed by atoms with Crippen molar-refractivity contribution in [2.45, 2.75) is 0 Å². The number of anilines is 3. The molecule has 2 aromatic rings. The van der Waals surface area contributed by atoms with Crippen molar-refractivity contribution in [2.75, 3.05) is 36.4 Å². The smallest absolute Gasteiger partial charge is 0.281 e. The van der Waals surface area contributed by atoms with E-state index in [4.69, 9.17) is 0 Å². The summed E-state index contributed by atoms with van der Waals surface area (Å²) in [5, 5.41) is 3.10. The third-order valence-electron chi connectivity index (χ3n) is 5.42. The lowest BCUT2D eigenvalue weighted by Gasteiger charge is -2.22. The van der Waals surface area contributed by atoms with E-state index in [2.05, 4.69) is 35.9 Å². The molecule has 0 aromatic carbocycles. The van der Waals surface area contributed by atoms with Crippen LogP contribution in [0.2, 0.25) is 0 Å². The number of pyridine rings is 2. The highest BCUT2D eigenvalue weighted by Gasteiger charge is 2.39. The van der Waals surface area contributed by atoms with Gasteiger partial charge in [-0.15, -0.1) is 0 Å². The first-order valence-corrected chi connectivity index (χ1v) is 9.83. The zero-order valence-corrected chi connectivity index (χ0v) is 16.7. The van der Waals surface area contributed by atoms with Gasteiger partial charge in [-0.1, -0.05) is 0 Å². The van der Waals surface area contributed by atoms with E-state index in [1.54, 1.807) is 19.3 Å². The molecule has 140 valence electrons. The third kappa shape index (κ3) is 3.79. The quantitative estimate of drug-likeness (QED) is 0.568. The summed E-state index contributed by atoms with van der Waals surface area (Å²) in [5.41, 5.74) is 1.48. The molecule has 2 fully saturated rings. The van der Waals surface area contributed by atoms with E-state index in [-0.39, 0.29) is 5.56 Å². The minimum Gasteiger partial charge on any atom is -0.370 e. The van der Waals surface area contributed by atoms with Gasteiger partial charge in [0, 0.05) is 30.8 Å². The van der Waals surface area contributed by atoms with Gasteiger partial charge in [0.2, 0.25) is 0 Å². The Bertz CT molecular complexity index is 890. The summed E-state index contributed by atoms with van der Waals surface area (Å²) in [4.78, 5) is 32.0. The first-order valence-electron chi connectivity index (χ1n) is 9.03. The zero-order chi connectivity index (χ0) is 19.0. The van der Waals surface area contributed by atoms with Crippen LogP contribution in [-0.4, -0.2) is 54.1 Å². The molecule has 0 radical (unpaired) electrons. The van der Waals surface area contributed by atoms with E-state index < -0.39 is 0 Å². The van der Waals surface area contributed by atoms with Crippen LogP contribution >= 0.6 is 15.9 Å². The number of aromatic nitrogens is 2. The summed E-state index contributed by atoms with van der Waals surface area (Å²) in [7, 11) is 2.26. The van der Waals surface area contributed by atoms with Gasteiger partial charge < -0.3 is 24.4 Å². The molecule has 0 spiro atoms. The average molecular weight is 430 g/mol. The van der Waals surface area contributed by atoms with Crippen LogP contribution in [0.1, 0.15) is 0 Å². The summed E-state index contributed by atoms with van der Waals surface area (Å²) < 4.78 is 2.36. The Morgan fingerprint density at radius 2 is 2.00 bits per heavy atom. The van der Waals surface area contributed by atoms with Gasteiger partial charge in [0.1, 0.15) is 11.5 Å². The summed E-state index contributed by atoms with van der Waals surface area (Å²) in [5.74, 6) is 1.88. The monoisotopic (exact) mass is 429 g/mol. The molecule has 2 aliphatic heterocycles. The molecule has 4 heterocycles. The number of aryl methyl sites for hydroxylation is 1. The Kier molecular flexibility index (Phi) is 5.05. The number of rotatable bonds is 5. The molecule has 0 saturated carbocycles. The SMILES string of the molecule is Cn1cc(Br)cc(Nc2ccc(N3CC4CN(BC=O)CC4C3)cn2)c1=O. The van der Waals surface area contributed by atoms with Crippen molar-refractivity contribution in [3.05, 3.63) is 45.4 Å². The van der Waals surface area contributed by atoms with Crippen LogP contribution in [0, 0.1) is 11.8 Å². The molecule has 2 atom stereocenters. The Labute approximate surface area is 166 Å². The Morgan fingerprint density at radius 1 is 1.26 bits per heavy atom. The van der Waals surface area contributed by atoms with Crippen molar-refractivity contribution < 1.29 is 4.79 Å². The number of nitrogens with zero attached hydrogens (tertiary/aromatic N) is 4. The second-order valence-electron chi connectivity index (χ2n) is 7.33. The van der Waals surface area contributed by atoms with E-state index in [9.17, 15) is 9.59 Å². The second-order valence-corrected chi connectivity index (χ2v) is 8.24. The maximum atomic E-state index is 12.2. The van der Waals surface area contributed by atoms with Gasteiger partial charge >= 0.3 is 0 Å². The molecule has 2 unspecified atom stereocenters. The molecule has 9 heteroatoms. The summed E-state index contributed by atoms with van der Waals surface area (Å²) in [6.45, 7) is 4.00. The molecule has 4 rings (SSSR count). The topological polar surface area (TPSA) is 70.5 Å². The minimum absolute atomic E-state index is 0.101. The Hall–Kier alpha value is -2.13. The molecule has 0 aliphatic carbocycles. The van der Waals surface area contributed by atoms with Crippen LogP contribution in [0.15, 0.2) is 39.9 Å². The van der Waals surface area contributed by atoms with Gasteiger partial charge in [0.05, 0.1) is 18.1 Å². The average Bonchev–Trinajstić information content (AvgIpc) is 3.19. The number of nitrogens with one attached hydrogen (secondary N) is 1. The zero-order valence-electron chi connectivity index (χ0n) is 15.1. The van der Waals surface area contributed by atoms with Gasteiger partial charge in [-0.3, -0.25) is 4.79 Å². The van der Waals surface area contributed by atoms with Crippen molar-refractivity contribution in [3.8, 4) is 0 Å². The maximum Gasteiger partial charge on any atom is 0.281 e. The molecule has 7 nitrogen and oxygen atoms in total. The van der Waals surface area contributed by atoms with Crippen molar-refractivity contribution in [1.82, 2.24) is 14.4 Å². The molecule has 2 saturated heterocycles. The molecular weight excluding hydrogens is 409 g/mol. The predicted octanol–water partition coefficient (Wildman–Crippen LogP) is 1.20.